The van der Waals surface area contributed by atoms with Crippen molar-refractivity contribution in [2.45, 2.75) is 5.85 Å². The van der Waals surface area contributed by atoms with E-state index in [1.54, 1.807) is 6.07 Å². The van der Waals surface area contributed by atoms with Gasteiger partial charge in [0.1, 0.15) is 0 Å². The van der Waals surface area contributed by atoms with Crippen LogP contribution in [0.25, 0.3) is 11.1 Å². The highest BCUT2D eigenvalue weighted by Gasteiger charge is 2.33. The summed E-state index contributed by atoms with van der Waals surface area (Å²) in [6.07, 6.45) is 0. The van der Waals surface area contributed by atoms with Gasteiger partial charge < -0.3 is 14.2 Å². The Labute approximate surface area is 175 Å². The summed E-state index contributed by atoms with van der Waals surface area (Å²) in [5, 5.41) is 11.3. The first-order valence-corrected chi connectivity index (χ1v) is 10.7. The highest BCUT2D eigenvalue weighted by molar-refractivity contribution is 7.54. The van der Waals surface area contributed by atoms with Crippen molar-refractivity contribution in [2.75, 3.05) is 19.2 Å². The van der Waals surface area contributed by atoms with Crippen LogP contribution in [-0.2, 0) is 13.6 Å². The lowest BCUT2D eigenvalue weighted by molar-refractivity contribution is 0.0987. The fourth-order valence-electron chi connectivity index (χ4n) is 2.98. The summed E-state index contributed by atoms with van der Waals surface area (Å²) in [5.41, 5.74) is 3.09. The second-order valence-corrected chi connectivity index (χ2v) is 8.79. The topological polar surface area (TPSA) is 102 Å². The van der Waals surface area contributed by atoms with Crippen LogP contribution in [0.4, 0.5) is 5.69 Å². The van der Waals surface area contributed by atoms with E-state index in [0.717, 1.165) is 16.1 Å². The summed E-state index contributed by atoms with van der Waals surface area (Å²) in [6, 6.07) is 23.1. The van der Waals surface area contributed by atoms with E-state index in [1.807, 2.05) is 48.5 Å². The number of nitrogens with zero attached hydrogens (tertiary/aromatic N) is 1. The normalized spacial score (nSPS) is 12.4. The van der Waals surface area contributed by atoms with E-state index in [-0.39, 0.29) is 0 Å². The summed E-state index contributed by atoms with van der Waals surface area (Å²) in [7, 11) is -1.31. The molecule has 0 aliphatic carbocycles. The van der Waals surface area contributed by atoms with Gasteiger partial charge in [-0.25, -0.2) is 10.9 Å². The number of rotatable bonds is 7. The van der Waals surface area contributed by atoms with Gasteiger partial charge in [-0.2, -0.15) is 0 Å². The third kappa shape index (κ3) is 4.51. The average Bonchev–Trinajstić information content (AvgIpc) is 2.82. The van der Waals surface area contributed by atoms with Crippen LogP contribution >= 0.6 is 7.60 Å². The number of amides is 1. The number of benzene rings is 3. The van der Waals surface area contributed by atoms with E-state index in [9.17, 15) is 14.5 Å². The lowest BCUT2D eigenvalue weighted by Gasteiger charge is -2.21. The number of aliphatic hydroxyl groups is 1. The van der Waals surface area contributed by atoms with Gasteiger partial charge >= 0.3 is 7.60 Å². The molecule has 0 aliphatic heterocycles. The first kappa shape index (κ1) is 21.9. The average molecular weight is 426 g/mol. The predicted molar refractivity (Wildman–Crippen MR) is 116 cm³/mol. The Balaban J connectivity index is 1.81. The first-order chi connectivity index (χ1) is 14.4. The van der Waals surface area contributed by atoms with Gasteiger partial charge in [0.25, 0.3) is 5.91 Å². The van der Waals surface area contributed by atoms with Crippen LogP contribution in [0.5, 0.6) is 0 Å². The molecule has 0 heterocycles. The molecule has 3 aromatic rings. The van der Waals surface area contributed by atoms with E-state index < -0.39 is 19.3 Å². The number of hydrogen-bond acceptors (Lipinski definition) is 6. The zero-order chi connectivity index (χ0) is 21.7. The fraction of sp³-hybridized carbons (Fsp3) is 0.136. The maximum absolute atomic E-state index is 12.8. The first-order valence-electron chi connectivity index (χ1n) is 9.13. The predicted octanol–water partition coefficient (Wildman–Crippen LogP) is 4.35. The Morgan fingerprint density at radius 2 is 1.53 bits per heavy atom. The molecule has 3 aromatic carbocycles. The van der Waals surface area contributed by atoms with Crippen molar-refractivity contribution in [1.82, 2.24) is 0 Å². The van der Waals surface area contributed by atoms with Crippen molar-refractivity contribution >= 4 is 19.2 Å². The summed E-state index contributed by atoms with van der Waals surface area (Å²) in [4.78, 5) is 12.8. The van der Waals surface area contributed by atoms with Crippen molar-refractivity contribution in [1.29, 1.82) is 0 Å². The van der Waals surface area contributed by atoms with Crippen LogP contribution in [-0.4, -0.2) is 25.2 Å². The Morgan fingerprint density at radius 3 is 2.13 bits per heavy atom. The van der Waals surface area contributed by atoms with Gasteiger partial charge in [-0.15, -0.1) is 0 Å². The van der Waals surface area contributed by atoms with Gasteiger partial charge in [0.05, 0.1) is 5.69 Å². The number of anilines is 1. The van der Waals surface area contributed by atoms with Crippen LogP contribution in [0.15, 0.2) is 78.9 Å². The summed E-state index contributed by atoms with van der Waals surface area (Å²) < 4.78 is 21.9. The minimum atomic E-state index is -3.70. The molecule has 1 atom stereocenters. The molecule has 3 N–H and O–H groups in total. The lowest BCUT2D eigenvalue weighted by atomic mass is 10.0. The number of carbonyl (C=O) groups is 1. The zero-order valence-corrected chi connectivity index (χ0v) is 17.5. The van der Waals surface area contributed by atoms with Crippen LogP contribution in [0, 0.1) is 0 Å². The van der Waals surface area contributed by atoms with E-state index >= 15 is 0 Å². The second kappa shape index (κ2) is 9.34. The quantitative estimate of drug-likeness (QED) is 0.252. The number of nitrogens with two attached hydrogens (primary N) is 1. The summed E-state index contributed by atoms with van der Waals surface area (Å²) >= 11 is 0. The van der Waals surface area contributed by atoms with Gasteiger partial charge in [0.15, 0.2) is 5.85 Å². The van der Waals surface area contributed by atoms with Crippen LogP contribution in [0.3, 0.4) is 0 Å². The molecule has 156 valence electrons. The number of aliphatic hydroxyl groups excluding tert-OH is 1. The molecular weight excluding hydrogens is 403 g/mol. The molecule has 8 heteroatoms. The van der Waals surface area contributed by atoms with Crippen LogP contribution < -0.4 is 10.9 Å². The zero-order valence-electron chi connectivity index (χ0n) is 16.6. The van der Waals surface area contributed by atoms with Gasteiger partial charge in [-0.3, -0.25) is 9.36 Å². The molecule has 30 heavy (non-hydrogen) atoms. The summed E-state index contributed by atoms with van der Waals surface area (Å²) in [5.74, 6) is 4.19. The van der Waals surface area contributed by atoms with Gasteiger partial charge in [-0.05, 0) is 41.0 Å². The van der Waals surface area contributed by atoms with Crippen molar-refractivity contribution in [3.05, 3.63) is 90.0 Å². The number of hydrazine groups is 1. The molecule has 0 aliphatic rings. The Hall–Kier alpha value is -2.80. The van der Waals surface area contributed by atoms with Gasteiger partial charge in [0.2, 0.25) is 0 Å². The maximum atomic E-state index is 12.8. The molecule has 7 nitrogen and oxygen atoms in total. The molecule has 1 amide bonds. The standard InChI is InChI=1S/C22H23N2O5P/c1-28-30(27,29-2)22(26)18-13-11-17(12-14-18)21(25)24(23)20-10-6-9-19(15-20)16-7-4-3-5-8-16/h3-15,22,26H,23H2,1-2H3. The Morgan fingerprint density at radius 1 is 0.933 bits per heavy atom. The second-order valence-electron chi connectivity index (χ2n) is 6.49. The number of carbonyl (C=O) groups excluding carboxylic acids is 1. The molecule has 0 saturated heterocycles. The minimum Gasteiger partial charge on any atom is -0.376 e. The largest absolute Gasteiger partial charge is 0.376 e. The molecule has 0 aromatic heterocycles. The SMILES string of the molecule is COP(=O)(OC)C(O)c1ccc(C(=O)N(N)c2cccc(-c3ccccc3)c2)cc1. The molecule has 0 radical (unpaired) electrons. The third-order valence-corrected chi connectivity index (χ3v) is 6.63. The van der Waals surface area contributed by atoms with Gasteiger partial charge in [0, 0.05) is 19.8 Å². The highest BCUT2D eigenvalue weighted by atomic mass is 31.2. The fourth-order valence-corrected chi connectivity index (χ4v) is 4.06. The molecule has 0 fully saturated rings. The molecule has 0 saturated carbocycles. The summed E-state index contributed by atoms with van der Waals surface area (Å²) in [6.45, 7) is 0. The monoisotopic (exact) mass is 426 g/mol. The molecule has 0 spiro atoms. The van der Waals surface area contributed by atoms with Crippen LogP contribution in [0.2, 0.25) is 0 Å². The van der Waals surface area contributed by atoms with E-state index in [4.69, 9.17) is 14.9 Å². The minimum absolute atomic E-state index is 0.299. The van der Waals surface area contributed by atoms with E-state index in [2.05, 4.69) is 0 Å². The molecule has 1 unspecified atom stereocenters. The van der Waals surface area contributed by atoms with E-state index in [1.165, 1.54) is 38.5 Å². The van der Waals surface area contributed by atoms with E-state index in [0.29, 0.717) is 16.8 Å². The highest BCUT2D eigenvalue weighted by Crippen LogP contribution is 2.58. The lowest BCUT2D eigenvalue weighted by Crippen LogP contribution is -2.37. The molecule has 0 bridgehead atoms. The smallest absolute Gasteiger partial charge is 0.362 e. The Bertz CT molecular complexity index is 1050. The third-order valence-electron chi connectivity index (χ3n) is 4.71. The Kier molecular flexibility index (Phi) is 6.82. The molecular formula is C22H23N2O5P. The van der Waals surface area contributed by atoms with Crippen molar-refractivity contribution in [3.8, 4) is 11.1 Å². The molecule has 3 rings (SSSR count). The van der Waals surface area contributed by atoms with Gasteiger partial charge in [-0.1, -0.05) is 54.6 Å². The van der Waals surface area contributed by atoms with Crippen molar-refractivity contribution in [3.63, 3.8) is 0 Å². The van der Waals surface area contributed by atoms with Crippen molar-refractivity contribution in [2.24, 2.45) is 5.84 Å². The van der Waals surface area contributed by atoms with Crippen molar-refractivity contribution < 1.29 is 23.5 Å². The van der Waals surface area contributed by atoms with Crippen LogP contribution in [0.1, 0.15) is 21.8 Å². The number of hydrogen-bond donors (Lipinski definition) is 2. The maximum Gasteiger partial charge on any atom is 0.362 e.